The van der Waals surface area contributed by atoms with Crippen LogP contribution in [0.1, 0.15) is 18.5 Å². The van der Waals surface area contributed by atoms with Crippen LogP contribution in [0.4, 0.5) is 10.1 Å². The van der Waals surface area contributed by atoms with Crippen LogP contribution in [0.2, 0.25) is 0 Å². The predicted octanol–water partition coefficient (Wildman–Crippen LogP) is 4.01. The lowest BCUT2D eigenvalue weighted by Gasteiger charge is -2.16. The fourth-order valence-corrected chi connectivity index (χ4v) is 1.82. The number of rotatable bonds is 4. The van der Waals surface area contributed by atoms with E-state index >= 15 is 0 Å². The van der Waals surface area contributed by atoms with Gasteiger partial charge in [0.15, 0.2) is 0 Å². The Bertz CT molecular complexity index is 527. The van der Waals surface area contributed by atoms with Crippen molar-refractivity contribution < 1.29 is 9.13 Å². The van der Waals surface area contributed by atoms with E-state index in [-0.39, 0.29) is 11.9 Å². The lowest BCUT2D eigenvalue weighted by Crippen LogP contribution is -2.06. The number of halogens is 1. The molecule has 2 aromatic carbocycles. The van der Waals surface area contributed by atoms with Gasteiger partial charge in [0.2, 0.25) is 0 Å². The molecule has 0 heterocycles. The molecule has 0 spiro atoms. The molecule has 0 radical (unpaired) electrons. The summed E-state index contributed by atoms with van der Waals surface area (Å²) in [4.78, 5) is 0. The minimum atomic E-state index is -0.238. The van der Waals surface area contributed by atoms with Gasteiger partial charge in [0.25, 0.3) is 0 Å². The van der Waals surface area contributed by atoms with E-state index in [1.807, 2.05) is 37.3 Å². The maximum absolute atomic E-state index is 13.1. The average Bonchev–Trinajstić information content (AvgIpc) is 2.39. The summed E-state index contributed by atoms with van der Waals surface area (Å²) in [6.45, 7) is 2.03. The van der Waals surface area contributed by atoms with E-state index in [0.29, 0.717) is 0 Å². The van der Waals surface area contributed by atoms with E-state index in [1.165, 1.54) is 12.1 Å². The molecule has 2 rings (SSSR count). The van der Waals surface area contributed by atoms with Crippen LogP contribution >= 0.6 is 0 Å². The van der Waals surface area contributed by atoms with Gasteiger partial charge in [-0.05, 0) is 42.8 Å². The zero-order valence-corrected chi connectivity index (χ0v) is 10.5. The summed E-state index contributed by atoms with van der Waals surface area (Å²) in [6, 6.07) is 14.4. The molecule has 0 aliphatic heterocycles. The van der Waals surface area contributed by atoms with Crippen LogP contribution in [0.5, 0.6) is 5.75 Å². The van der Waals surface area contributed by atoms with Crippen molar-refractivity contribution in [2.45, 2.75) is 13.0 Å². The molecule has 0 saturated heterocycles. The van der Waals surface area contributed by atoms with Crippen LogP contribution in [-0.4, -0.2) is 7.11 Å². The number of methoxy groups -OCH3 is 1. The topological polar surface area (TPSA) is 21.3 Å². The van der Waals surface area contributed by atoms with Crippen molar-refractivity contribution in [3.05, 3.63) is 59.9 Å². The van der Waals surface area contributed by atoms with Crippen LogP contribution in [0, 0.1) is 5.82 Å². The minimum Gasteiger partial charge on any atom is -0.497 e. The van der Waals surface area contributed by atoms with Gasteiger partial charge in [-0.2, -0.15) is 0 Å². The Morgan fingerprint density at radius 3 is 2.61 bits per heavy atom. The highest BCUT2D eigenvalue weighted by Gasteiger charge is 2.06. The first-order valence-electron chi connectivity index (χ1n) is 5.85. The largest absolute Gasteiger partial charge is 0.497 e. The molecule has 1 unspecified atom stereocenters. The fourth-order valence-electron chi connectivity index (χ4n) is 1.82. The van der Waals surface area contributed by atoms with Gasteiger partial charge in [0.05, 0.1) is 7.11 Å². The van der Waals surface area contributed by atoms with Crippen molar-refractivity contribution in [2.75, 3.05) is 12.4 Å². The molecule has 0 saturated carbocycles. The molecule has 94 valence electrons. The van der Waals surface area contributed by atoms with Crippen LogP contribution < -0.4 is 10.1 Å². The van der Waals surface area contributed by atoms with Gasteiger partial charge in [0, 0.05) is 11.7 Å². The highest BCUT2D eigenvalue weighted by atomic mass is 19.1. The average molecular weight is 245 g/mol. The van der Waals surface area contributed by atoms with E-state index in [9.17, 15) is 4.39 Å². The summed E-state index contributed by atoms with van der Waals surface area (Å²) in [5, 5.41) is 3.25. The summed E-state index contributed by atoms with van der Waals surface area (Å²) in [5.74, 6) is 0.582. The van der Waals surface area contributed by atoms with E-state index < -0.39 is 0 Å². The van der Waals surface area contributed by atoms with Gasteiger partial charge < -0.3 is 10.1 Å². The van der Waals surface area contributed by atoms with Gasteiger partial charge in [-0.25, -0.2) is 4.39 Å². The lowest BCUT2D eigenvalue weighted by atomic mass is 10.1. The molecule has 0 bridgehead atoms. The van der Waals surface area contributed by atoms with Crippen molar-refractivity contribution in [1.82, 2.24) is 0 Å². The first-order valence-corrected chi connectivity index (χ1v) is 5.85. The molecule has 0 aliphatic rings. The highest BCUT2D eigenvalue weighted by molar-refractivity contribution is 5.46. The smallest absolute Gasteiger partial charge is 0.125 e. The second kappa shape index (κ2) is 5.54. The summed E-state index contributed by atoms with van der Waals surface area (Å²) < 4.78 is 18.3. The Balaban J connectivity index is 2.13. The van der Waals surface area contributed by atoms with Gasteiger partial charge in [0.1, 0.15) is 11.6 Å². The number of hydrogen-bond donors (Lipinski definition) is 1. The van der Waals surface area contributed by atoms with Crippen LogP contribution in [0.15, 0.2) is 48.5 Å². The molecule has 0 fully saturated rings. The maximum atomic E-state index is 13.1. The first-order chi connectivity index (χ1) is 8.69. The van der Waals surface area contributed by atoms with Crippen molar-refractivity contribution in [3.63, 3.8) is 0 Å². The summed E-state index contributed by atoms with van der Waals surface area (Å²) in [6.07, 6.45) is 0. The Kier molecular flexibility index (Phi) is 3.82. The Labute approximate surface area is 106 Å². The number of anilines is 1. The van der Waals surface area contributed by atoms with Crippen LogP contribution in [0.3, 0.4) is 0 Å². The molecular formula is C15H16FNO. The van der Waals surface area contributed by atoms with E-state index in [0.717, 1.165) is 17.0 Å². The third kappa shape index (κ3) is 3.00. The van der Waals surface area contributed by atoms with E-state index in [4.69, 9.17) is 4.74 Å². The van der Waals surface area contributed by atoms with Crippen molar-refractivity contribution in [2.24, 2.45) is 0 Å². The summed E-state index contributed by atoms with van der Waals surface area (Å²) in [5.41, 5.74) is 1.86. The lowest BCUT2D eigenvalue weighted by molar-refractivity contribution is 0.414. The molecule has 0 amide bonds. The number of nitrogens with one attached hydrogen (secondary N) is 1. The quantitative estimate of drug-likeness (QED) is 0.878. The molecule has 18 heavy (non-hydrogen) atoms. The van der Waals surface area contributed by atoms with E-state index in [1.54, 1.807) is 13.2 Å². The molecule has 1 N–H and O–H groups in total. The van der Waals surface area contributed by atoms with Crippen molar-refractivity contribution in [3.8, 4) is 5.75 Å². The van der Waals surface area contributed by atoms with Gasteiger partial charge in [-0.15, -0.1) is 0 Å². The number of ether oxygens (including phenoxy) is 1. The van der Waals surface area contributed by atoms with Crippen LogP contribution in [-0.2, 0) is 0 Å². The normalized spacial score (nSPS) is 11.9. The molecule has 2 aromatic rings. The van der Waals surface area contributed by atoms with E-state index in [2.05, 4.69) is 5.32 Å². The third-order valence-electron chi connectivity index (χ3n) is 2.80. The summed E-state index contributed by atoms with van der Waals surface area (Å²) >= 11 is 0. The number of hydrogen-bond acceptors (Lipinski definition) is 2. The predicted molar refractivity (Wildman–Crippen MR) is 71.4 cm³/mol. The second-order valence-electron chi connectivity index (χ2n) is 4.15. The van der Waals surface area contributed by atoms with Crippen molar-refractivity contribution >= 4 is 5.69 Å². The Morgan fingerprint density at radius 2 is 1.89 bits per heavy atom. The SMILES string of the molecule is COc1cccc(C(C)Nc2cccc(F)c2)c1. The Hall–Kier alpha value is -2.03. The molecule has 0 aromatic heterocycles. The monoisotopic (exact) mass is 245 g/mol. The Morgan fingerprint density at radius 1 is 1.11 bits per heavy atom. The fraction of sp³-hybridized carbons (Fsp3) is 0.200. The van der Waals surface area contributed by atoms with Gasteiger partial charge in [-0.1, -0.05) is 18.2 Å². The summed E-state index contributed by atoms with van der Waals surface area (Å²) in [7, 11) is 1.64. The molecule has 2 nitrogen and oxygen atoms in total. The van der Waals surface area contributed by atoms with Crippen molar-refractivity contribution in [1.29, 1.82) is 0 Å². The zero-order valence-electron chi connectivity index (χ0n) is 10.5. The molecule has 3 heteroatoms. The third-order valence-corrected chi connectivity index (χ3v) is 2.80. The van der Waals surface area contributed by atoms with Gasteiger partial charge in [-0.3, -0.25) is 0 Å². The maximum Gasteiger partial charge on any atom is 0.125 e. The minimum absolute atomic E-state index is 0.0851. The standard InChI is InChI=1S/C15H16FNO/c1-11(12-5-3-8-15(9-12)18-2)17-14-7-4-6-13(16)10-14/h3-11,17H,1-2H3. The zero-order chi connectivity index (χ0) is 13.0. The van der Waals surface area contributed by atoms with Crippen LogP contribution in [0.25, 0.3) is 0 Å². The van der Waals surface area contributed by atoms with Gasteiger partial charge >= 0.3 is 0 Å². The second-order valence-corrected chi connectivity index (χ2v) is 4.15. The first kappa shape index (κ1) is 12.4. The molecule has 0 aliphatic carbocycles. The molecular weight excluding hydrogens is 229 g/mol. The molecule has 1 atom stereocenters. The highest BCUT2D eigenvalue weighted by Crippen LogP contribution is 2.22. The number of benzene rings is 2.